The minimum Gasteiger partial charge on any atom is -0.508 e. The van der Waals surface area contributed by atoms with Crippen molar-refractivity contribution < 1.29 is 50.4 Å². The lowest BCUT2D eigenvalue weighted by molar-refractivity contribution is -0.105. The Morgan fingerprint density at radius 2 is 1.03 bits per heavy atom. The summed E-state index contributed by atoms with van der Waals surface area (Å²) in [6.07, 6.45) is 9.67. The second-order valence-electron chi connectivity index (χ2n) is 20.3. The SMILES string of the molecule is CC1=C(c2cc(F)cc(F)c2)C(c2ccc(/C=C/CN3CC(CF)C3)cc2)Oc2cc(O)ccc21.CC1=C(c2cc(F)cc(F)c2)C(c2ccc(/C=C/CN3CC(CF)C3)cc2)Oc2cc(OC3CCCCO3)ccc21. The van der Waals surface area contributed by atoms with Crippen LogP contribution in [0.15, 0.2) is 133 Å². The van der Waals surface area contributed by atoms with E-state index in [1.807, 2.05) is 92.7 Å². The maximum absolute atomic E-state index is 14.3. The molecule has 0 aromatic heterocycles. The lowest BCUT2D eigenvalue weighted by Gasteiger charge is -2.36. The number of alkyl halides is 2. The van der Waals surface area contributed by atoms with Crippen molar-refractivity contribution in [3.8, 4) is 23.0 Å². The number of phenols is 1. The maximum atomic E-state index is 14.3. The zero-order valence-corrected chi connectivity index (χ0v) is 42.5. The Kier molecular flexibility index (Phi) is 16.2. The van der Waals surface area contributed by atoms with Crippen molar-refractivity contribution in [1.29, 1.82) is 0 Å². The molecule has 0 radical (unpaired) electrons. The largest absolute Gasteiger partial charge is 0.508 e. The minimum absolute atomic E-state index is 0.0797. The van der Waals surface area contributed by atoms with Crippen molar-refractivity contribution in [2.45, 2.75) is 51.6 Å². The van der Waals surface area contributed by atoms with Gasteiger partial charge in [-0.15, -0.1) is 0 Å². The number of likely N-dealkylation sites (tertiary alicyclic amines) is 2. The average molecular weight is 1040 g/mol. The molecule has 3 unspecified atom stereocenters. The molecule has 394 valence electrons. The number of hydrogen-bond acceptors (Lipinski definition) is 7. The molecule has 6 aromatic carbocycles. The van der Waals surface area contributed by atoms with Crippen LogP contribution in [0, 0.1) is 35.1 Å². The van der Waals surface area contributed by atoms with Crippen molar-refractivity contribution in [3.05, 3.63) is 201 Å². The zero-order valence-electron chi connectivity index (χ0n) is 42.5. The van der Waals surface area contributed by atoms with Gasteiger partial charge in [0.2, 0.25) is 0 Å². The highest BCUT2D eigenvalue weighted by Crippen LogP contribution is 2.49. The van der Waals surface area contributed by atoms with E-state index >= 15 is 0 Å². The zero-order chi connectivity index (χ0) is 52.9. The van der Waals surface area contributed by atoms with Crippen LogP contribution in [0.2, 0.25) is 0 Å². The molecular weight excluding hydrogens is 979 g/mol. The van der Waals surface area contributed by atoms with E-state index in [4.69, 9.17) is 18.9 Å². The van der Waals surface area contributed by atoms with Gasteiger partial charge in [-0.25, -0.2) is 17.6 Å². The number of ether oxygens (including phenoxy) is 4. The molecule has 7 nitrogen and oxygen atoms in total. The van der Waals surface area contributed by atoms with E-state index in [0.29, 0.717) is 46.1 Å². The van der Waals surface area contributed by atoms with Gasteiger partial charge in [-0.1, -0.05) is 72.8 Å². The lowest BCUT2D eigenvalue weighted by atomic mass is 9.86. The van der Waals surface area contributed by atoms with Crippen LogP contribution in [0.5, 0.6) is 23.0 Å². The number of allylic oxidation sites excluding steroid dienone is 2. The van der Waals surface area contributed by atoms with Crippen LogP contribution < -0.4 is 14.2 Å². The van der Waals surface area contributed by atoms with E-state index in [0.717, 1.165) is 115 Å². The molecule has 0 bridgehead atoms. The van der Waals surface area contributed by atoms with Gasteiger partial charge in [-0.2, -0.15) is 0 Å². The first-order valence-electron chi connectivity index (χ1n) is 25.9. The molecule has 5 aliphatic rings. The van der Waals surface area contributed by atoms with Crippen LogP contribution in [0.4, 0.5) is 26.3 Å². The summed E-state index contributed by atoms with van der Waals surface area (Å²) >= 11 is 0. The van der Waals surface area contributed by atoms with Gasteiger partial charge in [-0.3, -0.25) is 18.6 Å². The topological polar surface area (TPSA) is 63.6 Å². The molecule has 3 atom stereocenters. The summed E-state index contributed by atoms with van der Waals surface area (Å²) in [5.74, 6) is -0.356. The Labute approximate surface area is 440 Å². The molecule has 6 aromatic rings. The molecule has 1 N–H and O–H groups in total. The highest BCUT2D eigenvalue weighted by atomic mass is 19.2. The standard InChI is InChI=1S/C34H34F3NO3.C29H26F3NO2/c1-22-30-12-11-29(40-32-6-2-3-14-39-32)18-31(30)41-34(33(22)26-15-27(36)17-28(37)16-26)25-9-7-23(8-10-25)5-4-13-38-20-24(19-35)21-38;1-18-26-9-8-25(34)14-27(26)35-29(28(18)22-11-23(31)13-24(32)12-22)21-6-4-19(5-7-21)3-2-10-33-16-20(15-30)17-33/h4-5,7-12,15-18,24,32,34H,2-3,6,13-14,19-21H2,1H3;2-9,11-14,20,29,34H,10,15-17H2,1H3/b5-4+;3-2+. The second-order valence-corrected chi connectivity index (χ2v) is 20.3. The van der Waals surface area contributed by atoms with Gasteiger partial charge in [0.05, 0.1) is 20.0 Å². The first-order valence-corrected chi connectivity index (χ1v) is 25.9. The van der Waals surface area contributed by atoms with Gasteiger partial charge in [-0.05, 0) is 120 Å². The van der Waals surface area contributed by atoms with Crippen LogP contribution in [0.25, 0.3) is 34.4 Å². The number of hydrogen-bond donors (Lipinski definition) is 1. The fourth-order valence-corrected chi connectivity index (χ4v) is 10.6. The Morgan fingerprint density at radius 1 is 0.566 bits per heavy atom. The first-order chi connectivity index (χ1) is 36.9. The van der Waals surface area contributed by atoms with E-state index in [1.165, 1.54) is 24.3 Å². The second kappa shape index (κ2) is 23.5. The van der Waals surface area contributed by atoms with Gasteiger partial charge in [0.15, 0.2) is 6.29 Å². The van der Waals surface area contributed by atoms with E-state index in [2.05, 4.69) is 22.0 Å². The Morgan fingerprint density at radius 3 is 1.47 bits per heavy atom. The molecule has 5 aliphatic heterocycles. The monoisotopic (exact) mass is 1040 g/mol. The van der Waals surface area contributed by atoms with Crippen molar-refractivity contribution >= 4 is 34.4 Å². The molecule has 13 heteroatoms. The van der Waals surface area contributed by atoms with Crippen LogP contribution in [0.1, 0.15) is 89.8 Å². The molecule has 76 heavy (non-hydrogen) atoms. The van der Waals surface area contributed by atoms with Crippen LogP contribution >= 0.6 is 0 Å². The molecule has 0 amide bonds. The molecule has 3 saturated heterocycles. The van der Waals surface area contributed by atoms with E-state index in [1.54, 1.807) is 18.2 Å². The average Bonchev–Trinajstić information content (AvgIpc) is 3.38. The Hall–Kier alpha value is -7.06. The van der Waals surface area contributed by atoms with Gasteiger partial charge in [0.1, 0.15) is 58.5 Å². The fraction of sp³-hybridized carbons (Fsp3) is 0.302. The molecule has 0 saturated carbocycles. The third-order valence-electron chi connectivity index (χ3n) is 14.6. The summed E-state index contributed by atoms with van der Waals surface area (Å²) in [6.45, 7) is 8.79. The number of rotatable bonds is 14. The quantitative estimate of drug-likeness (QED) is 0.109. The van der Waals surface area contributed by atoms with Gasteiger partial charge in [0.25, 0.3) is 0 Å². The summed E-state index contributed by atoms with van der Waals surface area (Å²) in [4.78, 5) is 4.40. The Balaban J connectivity index is 0.000000175. The van der Waals surface area contributed by atoms with Crippen LogP contribution in [-0.2, 0) is 4.74 Å². The van der Waals surface area contributed by atoms with E-state index in [9.17, 15) is 31.4 Å². The first kappa shape index (κ1) is 52.4. The summed E-state index contributed by atoms with van der Waals surface area (Å²) in [5.41, 5.74) is 9.26. The normalized spacial score (nSPS) is 20.1. The lowest BCUT2D eigenvalue weighted by Crippen LogP contribution is -2.47. The molecule has 0 spiro atoms. The minimum atomic E-state index is -0.656. The molecule has 5 heterocycles. The number of fused-ring (bicyclic) bond motifs is 2. The van der Waals surface area contributed by atoms with Gasteiger partial charge < -0.3 is 24.1 Å². The predicted octanol–water partition coefficient (Wildman–Crippen LogP) is 14.5. The molecule has 3 fully saturated rings. The van der Waals surface area contributed by atoms with Crippen molar-refractivity contribution in [1.82, 2.24) is 9.80 Å². The van der Waals surface area contributed by atoms with Gasteiger partial charge >= 0.3 is 0 Å². The maximum Gasteiger partial charge on any atom is 0.199 e. The number of nitrogens with zero attached hydrogens (tertiary/aromatic N) is 2. The molecule has 0 aliphatic carbocycles. The van der Waals surface area contributed by atoms with E-state index < -0.39 is 35.5 Å². The number of aromatic hydroxyl groups is 1. The summed E-state index contributed by atoms with van der Waals surface area (Å²) in [5, 5.41) is 9.97. The summed E-state index contributed by atoms with van der Waals surface area (Å²) in [7, 11) is 0. The van der Waals surface area contributed by atoms with E-state index in [-0.39, 0.29) is 37.2 Å². The molecular formula is C63H60F6N2O5. The third-order valence-corrected chi connectivity index (χ3v) is 14.6. The van der Waals surface area contributed by atoms with Gasteiger partial charge in [0, 0.05) is 104 Å². The highest BCUT2D eigenvalue weighted by molar-refractivity contribution is 5.96. The number of halogens is 6. The van der Waals surface area contributed by atoms with Crippen molar-refractivity contribution in [2.24, 2.45) is 11.8 Å². The Bertz CT molecular complexity index is 3120. The number of phenolic OH excluding ortho intramolecular Hbond substituents is 1. The van der Waals surface area contributed by atoms with Crippen LogP contribution in [-0.4, -0.2) is 80.4 Å². The van der Waals surface area contributed by atoms with Crippen molar-refractivity contribution in [3.63, 3.8) is 0 Å². The predicted molar refractivity (Wildman–Crippen MR) is 286 cm³/mol. The number of benzene rings is 6. The summed E-state index contributed by atoms with van der Waals surface area (Å²) in [6, 6.07) is 33.4. The highest BCUT2D eigenvalue weighted by Gasteiger charge is 2.33. The summed E-state index contributed by atoms with van der Waals surface area (Å²) < 4.78 is 107. The smallest absolute Gasteiger partial charge is 0.199 e. The third kappa shape index (κ3) is 12.1. The van der Waals surface area contributed by atoms with Crippen molar-refractivity contribution in [2.75, 3.05) is 59.2 Å². The van der Waals surface area contributed by atoms with Crippen LogP contribution in [0.3, 0.4) is 0 Å². The fourth-order valence-electron chi connectivity index (χ4n) is 10.6. The molecule has 11 rings (SSSR count).